The van der Waals surface area contributed by atoms with Crippen molar-refractivity contribution in [3.63, 3.8) is 0 Å². The number of thiophene rings is 1. The summed E-state index contributed by atoms with van der Waals surface area (Å²) in [4.78, 5) is 49.6. The van der Waals surface area contributed by atoms with E-state index in [1.54, 1.807) is 29.7 Å². The predicted molar refractivity (Wildman–Crippen MR) is 149 cm³/mol. The number of nitrogens with one attached hydrogen (secondary N) is 2. The van der Waals surface area contributed by atoms with Crippen molar-refractivity contribution in [3.05, 3.63) is 88.4 Å². The molecule has 194 valence electrons. The monoisotopic (exact) mass is 530 g/mol. The van der Waals surface area contributed by atoms with Crippen LogP contribution in [0.5, 0.6) is 0 Å². The molecule has 1 aromatic heterocycles. The number of hydrogen-bond donors (Lipinski definition) is 2. The highest BCUT2D eigenvalue weighted by atomic mass is 32.1. The Balaban J connectivity index is 1.65. The normalized spacial score (nSPS) is 14.4. The topological polar surface area (TPSA) is 116 Å². The molecule has 0 saturated heterocycles. The van der Waals surface area contributed by atoms with Crippen molar-refractivity contribution in [2.75, 3.05) is 31.4 Å². The van der Waals surface area contributed by atoms with Crippen LogP contribution in [0.1, 0.15) is 23.6 Å². The molecule has 0 aliphatic carbocycles. The van der Waals surface area contributed by atoms with Crippen molar-refractivity contribution in [1.82, 2.24) is 10.4 Å². The van der Waals surface area contributed by atoms with Crippen molar-refractivity contribution in [2.45, 2.75) is 6.92 Å². The van der Waals surface area contributed by atoms with Gasteiger partial charge in [0.05, 0.1) is 5.00 Å². The molecule has 2 N–H and O–H groups in total. The zero-order valence-corrected chi connectivity index (χ0v) is 22.1. The van der Waals surface area contributed by atoms with Crippen LogP contribution < -0.4 is 15.6 Å². The van der Waals surface area contributed by atoms with Crippen molar-refractivity contribution in [2.24, 2.45) is 10.1 Å². The maximum absolute atomic E-state index is 13.5. The smallest absolute Gasteiger partial charge is 0.297 e. The lowest BCUT2D eigenvalue weighted by atomic mass is 10.1. The molecule has 3 aromatic rings. The van der Waals surface area contributed by atoms with Gasteiger partial charge in [-0.25, -0.2) is 4.99 Å². The maximum atomic E-state index is 13.5. The highest BCUT2D eigenvalue weighted by Gasteiger charge is 2.34. The first-order chi connectivity index (χ1) is 18.3. The van der Waals surface area contributed by atoms with Gasteiger partial charge in [-0.15, -0.1) is 11.3 Å². The molecule has 4 rings (SSSR count). The molecule has 3 amide bonds. The van der Waals surface area contributed by atoms with Crippen LogP contribution in [0, 0.1) is 0 Å². The predicted octanol–water partition coefficient (Wildman–Crippen LogP) is 3.48. The van der Waals surface area contributed by atoms with Gasteiger partial charge in [0.2, 0.25) is 5.91 Å². The first-order valence-corrected chi connectivity index (χ1v) is 12.4. The van der Waals surface area contributed by atoms with Crippen molar-refractivity contribution < 1.29 is 19.2 Å². The van der Waals surface area contributed by atoms with Crippen LogP contribution in [0.4, 0.5) is 10.7 Å². The van der Waals surface area contributed by atoms with E-state index in [4.69, 9.17) is 4.84 Å². The zero-order chi connectivity index (χ0) is 27.2. The van der Waals surface area contributed by atoms with Crippen molar-refractivity contribution in [1.29, 1.82) is 0 Å². The van der Waals surface area contributed by atoms with Crippen LogP contribution in [-0.4, -0.2) is 55.5 Å². The molecule has 2 aromatic carbocycles. The van der Waals surface area contributed by atoms with Gasteiger partial charge < -0.3 is 15.1 Å². The molecular formula is C27H26N6O4S. The van der Waals surface area contributed by atoms with Gasteiger partial charge in [0, 0.05) is 43.2 Å². The molecule has 11 heteroatoms. The first-order valence-electron chi connectivity index (χ1n) is 11.5. The van der Waals surface area contributed by atoms with Gasteiger partial charge in [-0.2, -0.15) is 5.01 Å². The van der Waals surface area contributed by atoms with E-state index in [9.17, 15) is 14.4 Å². The summed E-state index contributed by atoms with van der Waals surface area (Å²) in [6.45, 7) is 1.39. The summed E-state index contributed by atoms with van der Waals surface area (Å²) in [5.74, 6) is -1.17. The standard InChI is InChI=1S/C27H26N6O4S/c1-17(34)28-23-15-20(16-38-23)24(31-37-4)26(35)30-33-25(19-8-6-5-7-9-19)29-22(27(33)36)14-18-10-12-21(13-11-18)32(2)3/h5-16H,1-4H3,(H,28,34)(H,30,35). The largest absolute Gasteiger partial charge is 0.398 e. The van der Waals surface area contributed by atoms with Gasteiger partial charge in [0.1, 0.15) is 12.8 Å². The van der Waals surface area contributed by atoms with E-state index < -0.39 is 11.8 Å². The zero-order valence-electron chi connectivity index (χ0n) is 21.3. The van der Waals surface area contributed by atoms with E-state index in [0.717, 1.165) is 16.3 Å². The second-order valence-corrected chi connectivity index (χ2v) is 9.31. The lowest BCUT2D eigenvalue weighted by Crippen LogP contribution is -2.49. The fourth-order valence-electron chi connectivity index (χ4n) is 3.60. The Labute approximate surface area is 223 Å². The van der Waals surface area contributed by atoms with Crippen molar-refractivity contribution in [3.8, 4) is 0 Å². The lowest BCUT2D eigenvalue weighted by Gasteiger charge is -2.19. The highest BCUT2D eigenvalue weighted by Crippen LogP contribution is 2.24. The molecule has 0 saturated carbocycles. The summed E-state index contributed by atoms with van der Waals surface area (Å²) >= 11 is 1.23. The number of aliphatic imine (C=N–C) groups is 1. The fourth-order valence-corrected chi connectivity index (χ4v) is 4.43. The van der Waals surface area contributed by atoms with Crippen LogP contribution in [0.3, 0.4) is 0 Å². The van der Waals surface area contributed by atoms with Crippen LogP contribution in [-0.2, 0) is 19.2 Å². The molecule has 0 bridgehead atoms. The Kier molecular flexibility index (Phi) is 7.97. The SMILES string of the molecule is CON=C(C(=O)NN1C(=O)C(=Cc2ccc(N(C)C)cc2)N=C1c1ccccc1)c1csc(NC(C)=O)c1. The Bertz CT molecular complexity index is 1440. The average Bonchev–Trinajstić information content (AvgIpc) is 3.47. The first kappa shape index (κ1) is 26.3. The second kappa shape index (κ2) is 11.5. The molecule has 2 heterocycles. The van der Waals surface area contributed by atoms with Crippen LogP contribution in [0.2, 0.25) is 0 Å². The molecule has 0 fully saturated rings. The minimum Gasteiger partial charge on any atom is -0.398 e. The summed E-state index contributed by atoms with van der Waals surface area (Å²) in [6, 6.07) is 18.3. The Morgan fingerprint density at radius 1 is 1.11 bits per heavy atom. The molecule has 0 atom stereocenters. The number of amidine groups is 1. The minimum absolute atomic E-state index is 0.0720. The summed E-state index contributed by atoms with van der Waals surface area (Å²) in [7, 11) is 5.21. The number of amides is 3. The van der Waals surface area contributed by atoms with Gasteiger partial charge >= 0.3 is 0 Å². The fraction of sp³-hybridized carbons (Fsp3) is 0.148. The summed E-state index contributed by atoms with van der Waals surface area (Å²) in [5, 5.41) is 9.83. The van der Waals surface area contributed by atoms with Crippen LogP contribution in [0.15, 0.2) is 81.9 Å². The highest BCUT2D eigenvalue weighted by molar-refractivity contribution is 7.14. The van der Waals surface area contributed by atoms with Crippen molar-refractivity contribution >= 4 is 57.4 Å². The maximum Gasteiger partial charge on any atom is 0.297 e. The van der Waals surface area contributed by atoms with Gasteiger partial charge in [-0.05, 0) is 29.8 Å². The van der Waals surface area contributed by atoms with Gasteiger partial charge in [-0.3, -0.25) is 19.8 Å². The van der Waals surface area contributed by atoms with Gasteiger partial charge in [0.15, 0.2) is 11.5 Å². The molecule has 0 spiro atoms. The molecular weight excluding hydrogens is 504 g/mol. The quantitative estimate of drug-likeness (QED) is 0.263. The van der Waals surface area contributed by atoms with E-state index in [0.29, 0.717) is 16.1 Å². The number of oxime groups is 1. The van der Waals surface area contributed by atoms with E-state index >= 15 is 0 Å². The summed E-state index contributed by atoms with van der Waals surface area (Å²) < 4.78 is 0. The van der Waals surface area contributed by atoms with E-state index in [1.807, 2.05) is 61.5 Å². The molecule has 1 aliphatic rings. The van der Waals surface area contributed by atoms with Gasteiger partial charge in [-0.1, -0.05) is 47.6 Å². The molecule has 10 nitrogen and oxygen atoms in total. The molecule has 38 heavy (non-hydrogen) atoms. The van der Waals surface area contributed by atoms with E-state index in [-0.39, 0.29) is 23.2 Å². The number of hydrazine groups is 1. The third-order valence-corrected chi connectivity index (χ3v) is 6.23. The number of rotatable bonds is 8. The number of benzene rings is 2. The average molecular weight is 531 g/mol. The van der Waals surface area contributed by atoms with Gasteiger partial charge in [0.25, 0.3) is 11.8 Å². The molecule has 1 aliphatic heterocycles. The molecule has 0 unspecified atom stereocenters. The number of carbonyl (C=O) groups excluding carboxylic acids is 3. The number of anilines is 2. The Morgan fingerprint density at radius 3 is 2.45 bits per heavy atom. The summed E-state index contributed by atoms with van der Waals surface area (Å²) in [6.07, 6.45) is 1.67. The van der Waals surface area contributed by atoms with E-state index in [2.05, 4.69) is 20.9 Å². The number of carbonyl (C=O) groups is 3. The lowest BCUT2D eigenvalue weighted by molar-refractivity contribution is -0.130. The molecule has 0 radical (unpaired) electrons. The Hall–Kier alpha value is -4.77. The number of hydrogen-bond acceptors (Lipinski definition) is 8. The minimum atomic E-state index is -0.687. The van der Waals surface area contributed by atoms with E-state index in [1.165, 1.54) is 25.4 Å². The third kappa shape index (κ3) is 5.95. The Morgan fingerprint density at radius 2 is 1.82 bits per heavy atom. The van der Waals surface area contributed by atoms with Crippen LogP contribution >= 0.6 is 11.3 Å². The summed E-state index contributed by atoms with van der Waals surface area (Å²) in [5.41, 5.74) is 5.58. The third-order valence-electron chi connectivity index (χ3n) is 5.39. The second-order valence-electron chi connectivity index (χ2n) is 8.40. The van der Waals surface area contributed by atoms with Crippen LogP contribution in [0.25, 0.3) is 6.08 Å². The number of nitrogens with zero attached hydrogens (tertiary/aromatic N) is 4.